The van der Waals surface area contributed by atoms with Gasteiger partial charge < -0.3 is 10.6 Å². The van der Waals surface area contributed by atoms with Gasteiger partial charge in [-0.15, -0.1) is 0 Å². The summed E-state index contributed by atoms with van der Waals surface area (Å²) in [5, 5.41) is 0. The zero-order valence-corrected chi connectivity index (χ0v) is 10.2. The van der Waals surface area contributed by atoms with E-state index < -0.39 is 6.04 Å². The molecule has 2 N–H and O–H groups in total. The van der Waals surface area contributed by atoms with Crippen LogP contribution in [0, 0.1) is 0 Å². The van der Waals surface area contributed by atoms with Crippen LogP contribution < -0.4 is 5.73 Å². The zero-order chi connectivity index (χ0) is 12.1. The van der Waals surface area contributed by atoms with E-state index in [2.05, 4.69) is 6.92 Å². The Morgan fingerprint density at radius 3 is 2.44 bits per heavy atom. The van der Waals surface area contributed by atoms with Crippen LogP contribution in [0.25, 0.3) is 0 Å². The SMILES string of the molecule is CCC(C)N(C)C(=O)C(N)c1ccccc1. The smallest absolute Gasteiger partial charge is 0.244 e. The molecule has 16 heavy (non-hydrogen) atoms. The molecule has 0 bridgehead atoms. The lowest BCUT2D eigenvalue weighted by Crippen LogP contribution is -2.40. The molecular weight excluding hydrogens is 200 g/mol. The lowest BCUT2D eigenvalue weighted by Gasteiger charge is -2.26. The fourth-order valence-electron chi connectivity index (χ4n) is 1.51. The van der Waals surface area contributed by atoms with Crippen LogP contribution in [0.1, 0.15) is 31.9 Å². The molecule has 0 aliphatic heterocycles. The number of carbonyl (C=O) groups excluding carboxylic acids is 1. The van der Waals surface area contributed by atoms with Gasteiger partial charge in [0.2, 0.25) is 5.91 Å². The van der Waals surface area contributed by atoms with E-state index in [1.807, 2.05) is 37.3 Å². The second kappa shape index (κ2) is 5.66. The van der Waals surface area contributed by atoms with Gasteiger partial charge in [-0.05, 0) is 18.9 Å². The van der Waals surface area contributed by atoms with Gasteiger partial charge in [-0.25, -0.2) is 0 Å². The van der Waals surface area contributed by atoms with Crippen molar-refractivity contribution in [3.05, 3.63) is 35.9 Å². The van der Waals surface area contributed by atoms with Crippen molar-refractivity contribution < 1.29 is 4.79 Å². The van der Waals surface area contributed by atoms with Crippen LogP contribution in [-0.4, -0.2) is 23.9 Å². The molecule has 88 valence electrons. The Bertz CT molecular complexity index is 337. The Labute approximate surface area is 97.2 Å². The fraction of sp³-hybridized carbons (Fsp3) is 0.462. The van der Waals surface area contributed by atoms with Crippen LogP contribution >= 0.6 is 0 Å². The predicted octanol–water partition coefficient (Wildman–Crippen LogP) is 1.94. The molecule has 0 aromatic heterocycles. The van der Waals surface area contributed by atoms with Gasteiger partial charge in [-0.1, -0.05) is 37.3 Å². The van der Waals surface area contributed by atoms with E-state index >= 15 is 0 Å². The van der Waals surface area contributed by atoms with Crippen molar-refractivity contribution in [1.29, 1.82) is 0 Å². The molecule has 3 heteroatoms. The first-order chi connectivity index (χ1) is 7.57. The van der Waals surface area contributed by atoms with Crippen molar-refractivity contribution in [2.45, 2.75) is 32.4 Å². The summed E-state index contributed by atoms with van der Waals surface area (Å²) in [7, 11) is 1.80. The molecular formula is C13H20N2O. The second-order valence-electron chi connectivity index (χ2n) is 4.09. The van der Waals surface area contributed by atoms with Gasteiger partial charge >= 0.3 is 0 Å². The van der Waals surface area contributed by atoms with Gasteiger partial charge in [0, 0.05) is 13.1 Å². The highest BCUT2D eigenvalue weighted by Crippen LogP contribution is 2.14. The minimum absolute atomic E-state index is 0.0273. The Morgan fingerprint density at radius 1 is 1.38 bits per heavy atom. The molecule has 1 rings (SSSR count). The van der Waals surface area contributed by atoms with Crippen LogP contribution in [0.2, 0.25) is 0 Å². The maximum absolute atomic E-state index is 12.0. The van der Waals surface area contributed by atoms with Crippen LogP contribution in [0.15, 0.2) is 30.3 Å². The number of carbonyl (C=O) groups is 1. The van der Waals surface area contributed by atoms with Crippen molar-refractivity contribution in [2.24, 2.45) is 5.73 Å². The van der Waals surface area contributed by atoms with Gasteiger partial charge in [0.15, 0.2) is 0 Å². The highest BCUT2D eigenvalue weighted by molar-refractivity contribution is 5.83. The minimum atomic E-state index is -0.555. The summed E-state index contributed by atoms with van der Waals surface area (Å²) in [6, 6.07) is 9.14. The fourth-order valence-corrected chi connectivity index (χ4v) is 1.51. The molecule has 2 atom stereocenters. The second-order valence-corrected chi connectivity index (χ2v) is 4.09. The number of amides is 1. The molecule has 0 spiro atoms. The van der Waals surface area contributed by atoms with Crippen LogP contribution in [0.3, 0.4) is 0 Å². The van der Waals surface area contributed by atoms with Crippen molar-refractivity contribution in [3.8, 4) is 0 Å². The molecule has 0 radical (unpaired) electrons. The van der Waals surface area contributed by atoms with Crippen molar-refractivity contribution in [2.75, 3.05) is 7.05 Å². The summed E-state index contributed by atoms with van der Waals surface area (Å²) in [6.07, 6.45) is 0.934. The number of likely N-dealkylation sites (N-methyl/N-ethyl adjacent to an activating group) is 1. The molecule has 0 aliphatic carbocycles. The van der Waals surface area contributed by atoms with Crippen molar-refractivity contribution in [3.63, 3.8) is 0 Å². The third-order valence-electron chi connectivity index (χ3n) is 3.02. The van der Waals surface area contributed by atoms with Crippen LogP contribution in [-0.2, 0) is 4.79 Å². The summed E-state index contributed by atoms with van der Waals surface area (Å²) >= 11 is 0. The Morgan fingerprint density at radius 2 is 1.94 bits per heavy atom. The van der Waals surface area contributed by atoms with Crippen LogP contribution in [0.4, 0.5) is 0 Å². The lowest BCUT2D eigenvalue weighted by molar-refractivity contribution is -0.133. The average Bonchev–Trinajstić information content (AvgIpc) is 2.36. The lowest BCUT2D eigenvalue weighted by atomic mass is 10.1. The molecule has 0 heterocycles. The van der Waals surface area contributed by atoms with Crippen molar-refractivity contribution in [1.82, 2.24) is 4.90 Å². The number of nitrogens with zero attached hydrogens (tertiary/aromatic N) is 1. The summed E-state index contributed by atoms with van der Waals surface area (Å²) in [6.45, 7) is 4.08. The quantitative estimate of drug-likeness (QED) is 0.843. The first-order valence-corrected chi connectivity index (χ1v) is 5.65. The molecule has 0 fully saturated rings. The first-order valence-electron chi connectivity index (χ1n) is 5.65. The third kappa shape index (κ3) is 2.83. The average molecular weight is 220 g/mol. The molecule has 3 nitrogen and oxygen atoms in total. The summed E-state index contributed by atoms with van der Waals surface area (Å²) in [5.74, 6) is -0.0273. The number of hydrogen-bond acceptors (Lipinski definition) is 2. The molecule has 1 aromatic carbocycles. The van der Waals surface area contributed by atoms with E-state index in [0.29, 0.717) is 0 Å². The zero-order valence-electron chi connectivity index (χ0n) is 10.2. The topological polar surface area (TPSA) is 46.3 Å². The molecule has 0 aliphatic rings. The van der Waals surface area contributed by atoms with E-state index in [1.165, 1.54) is 0 Å². The van der Waals surface area contributed by atoms with Gasteiger partial charge in [0.25, 0.3) is 0 Å². The van der Waals surface area contributed by atoms with Gasteiger partial charge in [-0.3, -0.25) is 4.79 Å². The van der Waals surface area contributed by atoms with E-state index in [-0.39, 0.29) is 11.9 Å². The Balaban J connectivity index is 2.75. The number of hydrogen-bond donors (Lipinski definition) is 1. The summed E-state index contributed by atoms with van der Waals surface area (Å²) in [4.78, 5) is 13.8. The maximum Gasteiger partial charge on any atom is 0.244 e. The maximum atomic E-state index is 12.0. The van der Waals surface area contributed by atoms with Crippen molar-refractivity contribution >= 4 is 5.91 Å². The molecule has 0 saturated heterocycles. The molecule has 1 amide bonds. The van der Waals surface area contributed by atoms with Gasteiger partial charge in [0.1, 0.15) is 6.04 Å². The normalized spacial score (nSPS) is 14.2. The molecule has 0 saturated carbocycles. The minimum Gasteiger partial charge on any atom is -0.341 e. The Hall–Kier alpha value is -1.35. The predicted molar refractivity (Wildman–Crippen MR) is 65.9 cm³/mol. The first kappa shape index (κ1) is 12.7. The summed E-state index contributed by atoms with van der Waals surface area (Å²) < 4.78 is 0. The molecule has 2 unspecified atom stereocenters. The number of nitrogens with two attached hydrogens (primary N) is 1. The highest BCUT2D eigenvalue weighted by atomic mass is 16.2. The number of rotatable bonds is 4. The van der Waals surface area contributed by atoms with E-state index in [1.54, 1.807) is 11.9 Å². The third-order valence-corrected chi connectivity index (χ3v) is 3.02. The van der Waals surface area contributed by atoms with E-state index in [4.69, 9.17) is 5.73 Å². The highest BCUT2D eigenvalue weighted by Gasteiger charge is 2.22. The number of benzene rings is 1. The largest absolute Gasteiger partial charge is 0.341 e. The van der Waals surface area contributed by atoms with Gasteiger partial charge in [0.05, 0.1) is 0 Å². The van der Waals surface area contributed by atoms with Crippen LogP contribution in [0.5, 0.6) is 0 Å². The Kier molecular flexibility index (Phi) is 4.50. The summed E-state index contributed by atoms with van der Waals surface area (Å²) in [5.41, 5.74) is 6.80. The molecule has 1 aromatic rings. The van der Waals surface area contributed by atoms with E-state index in [0.717, 1.165) is 12.0 Å². The van der Waals surface area contributed by atoms with Gasteiger partial charge in [-0.2, -0.15) is 0 Å². The standard InChI is InChI=1S/C13H20N2O/c1-4-10(2)15(3)13(16)12(14)11-8-6-5-7-9-11/h5-10,12H,4,14H2,1-3H3. The monoisotopic (exact) mass is 220 g/mol. The van der Waals surface area contributed by atoms with E-state index in [9.17, 15) is 4.79 Å².